The second-order valence-corrected chi connectivity index (χ2v) is 9.60. The molecule has 1 fully saturated rings. The molecule has 162 valence electrons. The fourth-order valence-electron chi connectivity index (χ4n) is 4.79. The molecule has 0 heterocycles. The standard InChI is InChI=1S/C28H40N2/c1-6-7-23-12-14-25(15-13-23)19-27-17-16-26(18-24-10-8-21(2)9-11-24)20-28(27)22(3)29-30(4)5/h12-17,20-21,24H,6-11,18-19H2,1-5H3/b29-22+. The molecule has 1 aliphatic rings. The summed E-state index contributed by atoms with van der Waals surface area (Å²) in [5.41, 5.74) is 8.08. The van der Waals surface area contributed by atoms with Crippen LogP contribution in [0.1, 0.15) is 80.7 Å². The minimum Gasteiger partial charge on any atom is -0.303 e. The Morgan fingerprint density at radius 2 is 1.57 bits per heavy atom. The van der Waals surface area contributed by atoms with E-state index < -0.39 is 0 Å². The lowest BCUT2D eigenvalue weighted by Gasteiger charge is -2.26. The Morgan fingerprint density at radius 1 is 0.933 bits per heavy atom. The van der Waals surface area contributed by atoms with Crippen molar-refractivity contribution in [2.24, 2.45) is 16.9 Å². The molecule has 3 rings (SSSR count). The highest BCUT2D eigenvalue weighted by atomic mass is 15.4. The van der Waals surface area contributed by atoms with Crippen molar-refractivity contribution in [3.05, 3.63) is 70.3 Å². The molecule has 1 aliphatic carbocycles. The third-order valence-corrected chi connectivity index (χ3v) is 6.53. The van der Waals surface area contributed by atoms with Crippen LogP contribution in [0.2, 0.25) is 0 Å². The van der Waals surface area contributed by atoms with E-state index in [2.05, 4.69) is 63.2 Å². The zero-order valence-corrected chi connectivity index (χ0v) is 19.7. The van der Waals surface area contributed by atoms with Crippen molar-refractivity contribution >= 4 is 5.71 Å². The largest absolute Gasteiger partial charge is 0.303 e. The summed E-state index contributed by atoms with van der Waals surface area (Å²) in [6, 6.07) is 16.3. The van der Waals surface area contributed by atoms with Crippen LogP contribution in [0.5, 0.6) is 0 Å². The Bertz CT molecular complexity index is 824. The van der Waals surface area contributed by atoms with Crippen molar-refractivity contribution in [1.82, 2.24) is 5.01 Å². The smallest absolute Gasteiger partial charge is 0.0649 e. The van der Waals surface area contributed by atoms with E-state index in [9.17, 15) is 0 Å². The van der Waals surface area contributed by atoms with Gasteiger partial charge >= 0.3 is 0 Å². The van der Waals surface area contributed by atoms with Crippen LogP contribution in [-0.2, 0) is 19.3 Å². The van der Waals surface area contributed by atoms with Crippen LogP contribution in [0.4, 0.5) is 0 Å². The molecular formula is C28H40N2. The minimum absolute atomic E-state index is 0.845. The van der Waals surface area contributed by atoms with Crippen molar-refractivity contribution in [3.63, 3.8) is 0 Å². The highest BCUT2D eigenvalue weighted by Crippen LogP contribution is 2.31. The molecule has 1 saturated carbocycles. The van der Waals surface area contributed by atoms with Crippen LogP contribution in [0, 0.1) is 11.8 Å². The molecule has 2 heteroatoms. The van der Waals surface area contributed by atoms with Gasteiger partial charge in [0.05, 0.1) is 5.71 Å². The quantitative estimate of drug-likeness (QED) is 0.346. The summed E-state index contributed by atoms with van der Waals surface area (Å²) < 4.78 is 0. The number of aryl methyl sites for hydroxylation is 1. The van der Waals surface area contributed by atoms with Gasteiger partial charge in [0, 0.05) is 19.7 Å². The van der Waals surface area contributed by atoms with Crippen LogP contribution >= 0.6 is 0 Å². The Kier molecular flexibility index (Phi) is 8.13. The van der Waals surface area contributed by atoms with Crippen molar-refractivity contribution in [3.8, 4) is 0 Å². The first kappa shape index (κ1) is 22.6. The average Bonchev–Trinajstić information content (AvgIpc) is 2.72. The first-order valence-corrected chi connectivity index (χ1v) is 11.9. The third kappa shape index (κ3) is 6.45. The number of benzene rings is 2. The first-order valence-electron chi connectivity index (χ1n) is 11.9. The average molecular weight is 405 g/mol. The summed E-state index contributed by atoms with van der Waals surface area (Å²) in [6.07, 6.45) is 10.1. The molecule has 30 heavy (non-hydrogen) atoms. The molecule has 2 aromatic rings. The van der Waals surface area contributed by atoms with Gasteiger partial charge in [-0.15, -0.1) is 0 Å². The maximum Gasteiger partial charge on any atom is 0.0649 e. The molecule has 0 N–H and O–H groups in total. The van der Waals surface area contributed by atoms with E-state index in [4.69, 9.17) is 5.10 Å². The molecule has 0 unspecified atom stereocenters. The third-order valence-electron chi connectivity index (χ3n) is 6.53. The van der Waals surface area contributed by atoms with E-state index in [1.165, 1.54) is 66.3 Å². The van der Waals surface area contributed by atoms with Gasteiger partial charge in [-0.3, -0.25) is 0 Å². The minimum atomic E-state index is 0.845. The van der Waals surface area contributed by atoms with Crippen molar-refractivity contribution in [2.75, 3.05) is 14.1 Å². The van der Waals surface area contributed by atoms with E-state index in [1.807, 2.05) is 19.1 Å². The van der Waals surface area contributed by atoms with Gasteiger partial charge < -0.3 is 5.01 Å². The maximum atomic E-state index is 4.74. The molecule has 0 saturated heterocycles. The predicted octanol–water partition coefficient (Wildman–Crippen LogP) is 6.88. The van der Waals surface area contributed by atoms with Gasteiger partial charge in [-0.25, -0.2) is 0 Å². The number of hydrogen-bond acceptors (Lipinski definition) is 2. The normalized spacial score (nSPS) is 19.7. The van der Waals surface area contributed by atoms with Crippen molar-refractivity contribution in [2.45, 2.75) is 72.1 Å². The van der Waals surface area contributed by atoms with Gasteiger partial charge in [-0.2, -0.15) is 5.10 Å². The Labute approximate surface area is 184 Å². The Hall–Kier alpha value is -2.09. The molecular weight excluding hydrogens is 364 g/mol. The fraction of sp³-hybridized carbons (Fsp3) is 0.536. The molecule has 0 bridgehead atoms. The zero-order valence-electron chi connectivity index (χ0n) is 19.7. The second-order valence-electron chi connectivity index (χ2n) is 9.60. The second kappa shape index (κ2) is 10.8. The SMILES string of the molecule is CCCc1ccc(Cc2ccc(CC3CCC(C)CC3)cc2/C(C)=N/N(C)C)cc1. The first-order chi connectivity index (χ1) is 14.4. The summed E-state index contributed by atoms with van der Waals surface area (Å²) in [5.74, 6) is 1.76. The molecule has 0 spiro atoms. The molecule has 0 aliphatic heterocycles. The van der Waals surface area contributed by atoms with Crippen LogP contribution in [0.3, 0.4) is 0 Å². The fourth-order valence-corrected chi connectivity index (χ4v) is 4.79. The monoisotopic (exact) mass is 404 g/mol. The summed E-state index contributed by atoms with van der Waals surface area (Å²) in [7, 11) is 4.01. The topological polar surface area (TPSA) is 15.6 Å². The predicted molar refractivity (Wildman–Crippen MR) is 130 cm³/mol. The van der Waals surface area contributed by atoms with Crippen LogP contribution in [-0.4, -0.2) is 24.8 Å². The molecule has 0 atom stereocenters. The van der Waals surface area contributed by atoms with E-state index in [0.717, 1.165) is 30.4 Å². The molecule has 0 aromatic heterocycles. The van der Waals surface area contributed by atoms with Crippen molar-refractivity contribution < 1.29 is 0 Å². The van der Waals surface area contributed by atoms with Gasteiger partial charge in [-0.1, -0.05) is 69.5 Å². The van der Waals surface area contributed by atoms with Gasteiger partial charge in [0.1, 0.15) is 0 Å². The van der Waals surface area contributed by atoms with Gasteiger partial charge in [0.15, 0.2) is 0 Å². The maximum absolute atomic E-state index is 4.74. The highest BCUT2D eigenvalue weighted by molar-refractivity contribution is 6.00. The lowest BCUT2D eigenvalue weighted by atomic mass is 9.79. The van der Waals surface area contributed by atoms with E-state index in [1.54, 1.807) is 0 Å². The van der Waals surface area contributed by atoms with E-state index in [-0.39, 0.29) is 0 Å². The summed E-state index contributed by atoms with van der Waals surface area (Å²) in [4.78, 5) is 0. The highest BCUT2D eigenvalue weighted by Gasteiger charge is 2.19. The van der Waals surface area contributed by atoms with Gasteiger partial charge in [0.2, 0.25) is 0 Å². The number of rotatable bonds is 8. The zero-order chi connectivity index (χ0) is 21.5. The molecule has 2 nitrogen and oxygen atoms in total. The van der Waals surface area contributed by atoms with Crippen LogP contribution < -0.4 is 0 Å². The lowest BCUT2D eigenvalue weighted by molar-refractivity contribution is 0.289. The summed E-state index contributed by atoms with van der Waals surface area (Å²) >= 11 is 0. The van der Waals surface area contributed by atoms with Gasteiger partial charge in [-0.05, 0) is 79.2 Å². The number of hydrazone groups is 1. The van der Waals surface area contributed by atoms with Gasteiger partial charge in [0.25, 0.3) is 0 Å². The van der Waals surface area contributed by atoms with Crippen LogP contribution in [0.25, 0.3) is 0 Å². The Balaban J connectivity index is 1.82. The van der Waals surface area contributed by atoms with Crippen molar-refractivity contribution in [1.29, 1.82) is 0 Å². The van der Waals surface area contributed by atoms with E-state index >= 15 is 0 Å². The van der Waals surface area contributed by atoms with Crippen LogP contribution in [0.15, 0.2) is 47.6 Å². The molecule has 0 amide bonds. The summed E-state index contributed by atoms with van der Waals surface area (Å²) in [6.45, 7) is 6.79. The molecule has 0 radical (unpaired) electrons. The Morgan fingerprint density at radius 3 is 2.20 bits per heavy atom. The molecule has 2 aromatic carbocycles. The van der Waals surface area contributed by atoms with E-state index in [0.29, 0.717) is 0 Å². The summed E-state index contributed by atoms with van der Waals surface area (Å²) in [5, 5.41) is 6.65. The lowest BCUT2D eigenvalue weighted by Crippen LogP contribution is -2.15. The number of hydrogen-bond donors (Lipinski definition) is 0. The number of nitrogens with zero attached hydrogens (tertiary/aromatic N) is 2.